The van der Waals surface area contributed by atoms with E-state index in [1.165, 1.54) is 7.11 Å². The Morgan fingerprint density at radius 1 is 1.16 bits per heavy atom. The number of morpholine rings is 1. The number of carbonyl (C=O) groups is 2. The molecule has 1 saturated heterocycles. The molecule has 25 heavy (non-hydrogen) atoms. The van der Waals surface area contributed by atoms with Crippen LogP contribution in [0, 0.1) is 5.92 Å². The molecule has 0 aromatic heterocycles. The predicted molar refractivity (Wildman–Crippen MR) is 96.4 cm³/mol. The van der Waals surface area contributed by atoms with Crippen LogP contribution in [0.4, 0.5) is 0 Å². The molecule has 136 valence electrons. The van der Waals surface area contributed by atoms with E-state index in [0.717, 1.165) is 11.1 Å². The van der Waals surface area contributed by atoms with Crippen LogP contribution in [0.1, 0.15) is 36.7 Å². The fourth-order valence-corrected chi connectivity index (χ4v) is 2.76. The topological polar surface area (TPSA) is 55.8 Å². The first-order valence-corrected chi connectivity index (χ1v) is 8.68. The molecule has 0 atom stereocenters. The third-order valence-corrected chi connectivity index (χ3v) is 4.65. The molecule has 1 aliphatic rings. The molecule has 5 heteroatoms. The summed E-state index contributed by atoms with van der Waals surface area (Å²) in [5.74, 6) is 0.00730. The zero-order valence-electron chi connectivity index (χ0n) is 15.5. The highest BCUT2D eigenvalue weighted by molar-refractivity contribution is 5.94. The molecule has 1 amide bonds. The molecule has 0 unspecified atom stereocenters. The Morgan fingerprint density at radius 3 is 2.28 bits per heavy atom. The van der Waals surface area contributed by atoms with E-state index in [-0.39, 0.29) is 17.8 Å². The Bertz CT molecular complexity index is 640. The molecule has 0 spiro atoms. The summed E-state index contributed by atoms with van der Waals surface area (Å²) in [4.78, 5) is 26.4. The van der Waals surface area contributed by atoms with Gasteiger partial charge in [0.25, 0.3) is 5.91 Å². The number of methoxy groups -OCH3 is 1. The Hall–Kier alpha value is -2.14. The molecule has 1 fully saturated rings. The van der Waals surface area contributed by atoms with Crippen molar-refractivity contribution in [3.63, 3.8) is 0 Å². The minimum atomic E-state index is -0.292. The van der Waals surface area contributed by atoms with E-state index in [9.17, 15) is 9.59 Å². The number of amides is 1. The average Bonchev–Trinajstić information content (AvgIpc) is 2.65. The first kappa shape index (κ1) is 19.2. The zero-order chi connectivity index (χ0) is 18.4. The molecular formula is C20H27NO4. The van der Waals surface area contributed by atoms with Crippen LogP contribution < -0.4 is 0 Å². The van der Waals surface area contributed by atoms with Crippen molar-refractivity contribution < 1.29 is 19.1 Å². The van der Waals surface area contributed by atoms with Gasteiger partial charge in [0, 0.05) is 30.6 Å². The highest BCUT2D eigenvalue weighted by atomic mass is 16.5. The molecule has 0 N–H and O–H groups in total. The average molecular weight is 345 g/mol. The Labute approximate surface area is 149 Å². The zero-order valence-corrected chi connectivity index (χ0v) is 15.5. The fourth-order valence-electron chi connectivity index (χ4n) is 2.76. The van der Waals surface area contributed by atoms with Gasteiger partial charge in [-0.15, -0.1) is 0 Å². The highest BCUT2D eigenvalue weighted by Gasteiger charge is 2.19. The lowest BCUT2D eigenvalue weighted by molar-refractivity contribution is -0.136. The largest absolute Gasteiger partial charge is 0.466 e. The van der Waals surface area contributed by atoms with Gasteiger partial charge in [-0.2, -0.15) is 0 Å². The van der Waals surface area contributed by atoms with E-state index >= 15 is 0 Å². The number of esters is 1. The molecule has 5 nitrogen and oxygen atoms in total. The molecule has 2 rings (SSSR count). The smallest absolute Gasteiger partial charge is 0.334 e. The van der Waals surface area contributed by atoms with Gasteiger partial charge in [0.1, 0.15) is 0 Å². The van der Waals surface area contributed by atoms with Crippen molar-refractivity contribution in [3.05, 3.63) is 46.5 Å². The van der Waals surface area contributed by atoms with Crippen LogP contribution in [-0.4, -0.2) is 50.2 Å². The number of hydrogen-bond donors (Lipinski definition) is 0. The summed E-state index contributed by atoms with van der Waals surface area (Å²) in [5, 5.41) is 0. The second-order valence-electron chi connectivity index (χ2n) is 6.59. The van der Waals surface area contributed by atoms with Crippen LogP contribution in [0.3, 0.4) is 0 Å². The van der Waals surface area contributed by atoms with Crippen molar-refractivity contribution in [2.24, 2.45) is 5.92 Å². The molecule has 0 aliphatic carbocycles. The summed E-state index contributed by atoms with van der Waals surface area (Å²) in [5.41, 5.74) is 3.36. The molecular weight excluding hydrogens is 318 g/mol. The van der Waals surface area contributed by atoms with Gasteiger partial charge in [-0.1, -0.05) is 31.6 Å². The normalized spacial score (nSPS) is 15.8. The second kappa shape index (κ2) is 8.81. The minimum Gasteiger partial charge on any atom is -0.466 e. The van der Waals surface area contributed by atoms with Crippen molar-refractivity contribution in [3.8, 4) is 0 Å². The van der Waals surface area contributed by atoms with E-state index in [4.69, 9.17) is 9.47 Å². The van der Waals surface area contributed by atoms with Crippen LogP contribution in [0.5, 0.6) is 0 Å². The maximum absolute atomic E-state index is 12.5. The number of rotatable bonds is 5. The van der Waals surface area contributed by atoms with Crippen molar-refractivity contribution in [1.29, 1.82) is 0 Å². The number of ether oxygens (including phenoxy) is 2. The molecule has 1 aromatic carbocycles. The number of allylic oxidation sites excluding steroid dienone is 1. The van der Waals surface area contributed by atoms with E-state index in [1.807, 2.05) is 31.2 Å². The van der Waals surface area contributed by atoms with Crippen LogP contribution >= 0.6 is 0 Å². The summed E-state index contributed by atoms with van der Waals surface area (Å²) in [6.07, 6.45) is 0.503. The van der Waals surface area contributed by atoms with E-state index in [1.54, 1.807) is 4.90 Å². The second-order valence-corrected chi connectivity index (χ2v) is 6.59. The fraction of sp³-hybridized carbons (Fsp3) is 0.500. The SMILES string of the molecule is COC(=O)/C(Cc1ccc(C(=O)N2CCOCC2)cc1)=C(\C)C(C)C. The maximum Gasteiger partial charge on any atom is 0.334 e. The minimum absolute atomic E-state index is 0.0249. The molecule has 0 saturated carbocycles. The van der Waals surface area contributed by atoms with Gasteiger partial charge in [-0.3, -0.25) is 4.79 Å². The lowest BCUT2D eigenvalue weighted by atomic mass is 9.94. The van der Waals surface area contributed by atoms with Crippen molar-refractivity contribution >= 4 is 11.9 Å². The number of nitrogens with zero attached hydrogens (tertiary/aromatic N) is 1. The predicted octanol–water partition coefficient (Wildman–Crippen LogP) is 2.85. The first-order valence-electron chi connectivity index (χ1n) is 8.68. The van der Waals surface area contributed by atoms with Gasteiger partial charge in [-0.05, 0) is 30.5 Å². The highest BCUT2D eigenvalue weighted by Crippen LogP contribution is 2.20. The van der Waals surface area contributed by atoms with E-state index in [0.29, 0.717) is 43.9 Å². The van der Waals surface area contributed by atoms with E-state index < -0.39 is 0 Å². The summed E-state index contributed by atoms with van der Waals surface area (Å²) < 4.78 is 10.2. The number of carbonyl (C=O) groups excluding carboxylic acids is 2. The molecule has 1 aromatic rings. The van der Waals surface area contributed by atoms with Crippen LogP contribution in [0.25, 0.3) is 0 Å². The van der Waals surface area contributed by atoms with Crippen LogP contribution in [0.15, 0.2) is 35.4 Å². The number of hydrogen-bond acceptors (Lipinski definition) is 4. The molecule has 0 bridgehead atoms. The van der Waals surface area contributed by atoms with E-state index in [2.05, 4.69) is 13.8 Å². The standard InChI is InChI=1S/C20H27NO4/c1-14(2)15(3)18(20(23)24-4)13-16-5-7-17(8-6-16)19(22)21-9-11-25-12-10-21/h5-8,14H,9-13H2,1-4H3/b18-15+. The van der Waals surface area contributed by atoms with Crippen molar-refractivity contribution in [2.45, 2.75) is 27.2 Å². The Morgan fingerprint density at radius 2 is 1.76 bits per heavy atom. The molecule has 1 aliphatic heterocycles. The van der Waals surface area contributed by atoms with Crippen LogP contribution in [-0.2, 0) is 20.7 Å². The van der Waals surface area contributed by atoms with Crippen molar-refractivity contribution in [2.75, 3.05) is 33.4 Å². The van der Waals surface area contributed by atoms with Gasteiger partial charge in [0.05, 0.1) is 20.3 Å². The molecule has 0 radical (unpaired) electrons. The first-order chi connectivity index (χ1) is 11.9. The summed E-state index contributed by atoms with van der Waals surface area (Å²) >= 11 is 0. The summed E-state index contributed by atoms with van der Waals surface area (Å²) in [6, 6.07) is 7.47. The van der Waals surface area contributed by atoms with Gasteiger partial charge >= 0.3 is 5.97 Å². The van der Waals surface area contributed by atoms with Crippen LogP contribution in [0.2, 0.25) is 0 Å². The summed E-state index contributed by atoms with van der Waals surface area (Å²) in [6.45, 7) is 8.52. The number of benzene rings is 1. The Balaban J connectivity index is 2.14. The summed E-state index contributed by atoms with van der Waals surface area (Å²) in [7, 11) is 1.40. The van der Waals surface area contributed by atoms with Gasteiger partial charge < -0.3 is 14.4 Å². The molecule has 1 heterocycles. The lowest BCUT2D eigenvalue weighted by Gasteiger charge is -2.26. The third kappa shape index (κ3) is 4.92. The maximum atomic E-state index is 12.5. The third-order valence-electron chi connectivity index (χ3n) is 4.65. The van der Waals surface area contributed by atoms with Gasteiger partial charge in [0.2, 0.25) is 0 Å². The Kier molecular flexibility index (Phi) is 6.76. The van der Waals surface area contributed by atoms with Gasteiger partial charge in [-0.25, -0.2) is 4.79 Å². The lowest BCUT2D eigenvalue weighted by Crippen LogP contribution is -2.40. The van der Waals surface area contributed by atoms with Crippen molar-refractivity contribution in [1.82, 2.24) is 4.90 Å². The van der Waals surface area contributed by atoms with Gasteiger partial charge in [0.15, 0.2) is 0 Å². The quantitative estimate of drug-likeness (QED) is 0.608. The monoisotopic (exact) mass is 345 g/mol.